The summed E-state index contributed by atoms with van der Waals surface area (Å²) in [5.41, 5.74) is 0.696. The summed E-state index contributed by atoms with van der Waals surface area (Å²) < 4.78 is 25.6. The van der Waals surface area contributed by atoms with E-state index in [2.05, 4.69) is 6.58 Å². The SMILES string of the molecule is C=C(/C=C/C)N(C)/C=C(\C)C(C)(F)F. The summed E-state index contributed by atoms with van der Waals surface area (Å²) in [5.74, 6) is -2.77. The number of likely N-dealkylation sites (N-methyl/N-ethyl adjacent to an activating group) is 1. The number of hydrogen-bond donors (Lipinski definition) is 0. The van der Waals surface area contributed by atoms with Gasteiger partial charge in [-0.25, -0.2) is 8.78 Å². The minimum Gasteiger partial charge on any atom is -0.351 e. The van der Waals surface area contributed by atoms with E-state index in [-0.39, 0.29) is 5.57 Å². The molecule has 0 rings (SSSR count). The molecule has 0 aliphatic heterocycles. The third-order valence-electron chi connectivity index (χ3n) is 1.89. The third kappa shape index (κ3) is 4.21. The number of alkyl halides is 2. The molecule has 0 bridgehead atoms. The predicted molar refractivity (Wildman–Crippen MR) is 56.1 cm³/mol. The van der Waals surface area contributed by atoms with Crippen molar-refractivity contribution in [3.05, 3.63) is 36.2 Å². The Balaban J connectivity index is 4.59. The van der Waals surface area contributed by atoms with E-state index in [4.69, 9.17) is 0 Å². The second-order valence-corrected chi connectivity index (χ2v) is 3.30. The zero-order valence-electron chi connectivity index (χ0n) is 9.14. The van der Waals surface area contributed by atoms with Crippen LogP contribution in [-0.4, -0.2) is 17.9 Å². The zero-order chi connectivity index (χ0) is 11.4. The van der Waals surface area contributed by atoms with E-state index in [0.29, 0.717) is 5.70 Å². The summed E-state index contributed by atoms with van der Waals surface area (Å²) in [7, 11) is 1.69. The van der Waals surface area contributed by atoms with Crippen molar-refractivity contribution in [3.8, 4) is 0 Å². The molecule has 0 aliphatic carbocycles. The van der Waals surface area contributed by atoms with Crippen LogP contribution in [0.5, 0.6) is 0 Å². The number of hydrogen-bond acceptors (Lipinski definition) is 1. The Kier molecular flexibility index (Phi) is 4.54. The van der Waals surface area contributed by atoms with Gasteiger partial charge in [-0.15, -0.1) is 0 Å². The van der Waals surface area contributed by atoms with Gasteiger partial charge in [0.25, 0.3) is 5.92 Å². The van der Waals surface area contributed by atoms with Crippen LogP contribution in [0.25, 0.3) is 0 Å². The Labute approximate surface area is 84.4 Å². The van der Waals surface area contributed by atoms with Crippen molar-refractivity contribution in [1.29, 1.82) is 0 Å². The first-order valence-corrected chi connectivity index (χ1v) is 4.40. The predicted octanol–water partition coefficient (Wildman–Crippen LogP) is 3.57. The summed E-state index contributed by atoms with van der Waals surface area (Å²) >= 11 is 0. The second-order valence-electron chi connectivity index (χ2n) is 3.30. The molecule has 0 aromatic heterocycles. The van der Waals surface area contributed by atoms with E-state index in [1.54, 1.807) is 18.0 Å². The van der Waals surface area contributed by atoms with Gasteiger partial charge in [-0.05, 0) is 19.9 Å². The van der Waals surface area contributed by atoms with Crippen molar-refractivity contribution in [3.63, 3.8) is 0 Å². The molecule has 0 amide bonds. The Morgan fingerprint density at radius 2 is 1.93 bits per heavy atom. The largest absolute Gasteiger partial charge is 0.351 e. The molecule has 1 nitrogen and oxygen atoms in total. The molecule has 0 N–H and O–H groups in total. The molecule has 0 unspecified atom stereocenters. The smallest absolute Gasteiger partial charge is 0.268 e. The summed E-state index contributed by atoms with van der Waals surface area (Å²) in [4.78, 5) is 1.58. The van der Waals surface area contributed by atoms with Crippen molar-refractivity contribution >= 4 is 0 Å². The molecule has 0 aromatic carbocycles. The molecule has 0 atom stereocenters. The lowest BCUT2D eigenvalue weighted by atomic mass is 10.2. The van der Waals surface area contributed by atoms with Crippen LogP contribution >= 0.6 is 0 Å². The van der Waals surface area contributed by atoms with E-state index in [1.165, 1.54) is 13.1 Å². The normalized spacial score (nSPS) is 13.4. The van der Waals surface area contributed by atoms with E-state index in [9.17, 15) is 8.78 Å². The maximum atomic E-state index is 12.8. The van der Waals surface area contributed by atoms with Crippen LogP contribution in [0.1, 0.15) is 20.8 Å². The summed E-state index contributed by atoms with van der Waals surface area (Å²) in [6.07, 6.45) is 4.96. The van der Waals surface area contributed by atoms with Crippen LogP contribution in [0.4, 0.5) is 8.78 Å². The number of nitrogens with zero attached hydrogens (tertiary/aromatic N) is 1. The van der Waals surface area contributed by atoms with Crippen molar-refractivity contribution < 1.29 is 8.78 Å². The second kappa shape index (κ2) is 4.94. The topological polar surface area (TPSA) is 3.24 Å². The molecule has 0 aromatic rings. The molecule has 0 saturated carbocycles. The summed E-state index contributed by atoms with van der Waals surface area (Å²) in [6.45, 7) is 7.86. The van der Waals surface area contributed by atoms with Crippen LogP contribution in [-0.2, 0) is 0 Å². The first kappa shape index (κ1) is 12.9. The fourth-order valence-electron chi connectivity index (χ4n) is 0.797. The fraction of sp³-hybridized carbons (Fsp3) is 0.455. The third-order valence-corrected chi connectivity index (χ3v) is 1.89. The number of halogens is 2. The molecular formula is C11H17F2N. The van der Waals surface area contributed by atoms with E-state index >= 15 is 0 Å². The van der Waals surface area contributed by atoms with Gasteiger partial charge < -0.3 is 4.90 Å². The molecule has 0 heterocycles. The molecule has 0 fully saturated rings. The number of allylic oxidation sites excluding steroid dienone is 3. The van der Waals surface area contributed by atoms with Crippen molar-refractivity contribution in [1.82, 2.24) is 4.90 Å². The van der Waals surface area contributed by atoms with Crippen LogP contribution in [0.2, 0.25) is 0 Å². The lowest BCUT2D eigenvalue weighted by Crippen LogP contribution is -2.16. The van der Waals surface area contributed by atoms with Gasteiger partial charge in [0.05, 0.1) is 0 Å². The molecule has 14 heavy (non-hydrogen) atoms. The summed E-state index contributed by atoms with van der Waals surface area (Å²) in [5, 5.41) is 0. The van der Waals surface area contributed by atoms with Crippen molar-refractivity contribution in [2.75, 3.05) is 7.05 Å². The van der Waals surface area contributed by atoms with Gasteiger partial charge in [0, 0.05) is 31.4 Å². The van der Waals surface area contributed by atoms with Crippen LogP contribution in [0.3, 0.4) is 0 Å². The Hall–Kier alpha value is -1.12. The fourth-order valence-corrected chi connectivity index (χ4v) is 0.797. The Morgan fingerprint density at radius 1 is 1.43 bits per heavy atom. The van der Waals surface area contributed by atoms with Crippen LogP contribution < -0.4 is 0 Å². The number of rotatable bonds is 4. The van der Waals surface area contributed by atoms with Crippen molar-refractivity contribution in [2.24, 2.45) is 0 Å². The van der Waals surface area contributed by atoms with Gasteiger partial charge in [-0.3, -0.25) is 0 Å². The van der Waals surface area contributed by atoms with E-state index in [1.807, 2.05) is 13.0 Å². The monoisotopic (exact) mass is 201 g/mol. The molecule has 3 heteroatoms. The highest BCUT2D eigenvalue weighted by molar-refractivity contribution is 5.18. The Bertz CT molecular complexity index is 259. The maximum absolute atomic E-state index is 12.8. The zero-order valence-corrected chi connectivity index (χ0v) is 9.14. The Morgan fingerprint density at radius 3 is 2.29 bits per heavy atom. The lowest BCUT2D eigenvalue weighted by Gasteiger charge is -2.18. The van der Waals surface area contributed by atoms with Gasteiger partial charge >= 0.3 is 0 Å². The minimum absolute atomic E-state index is 0.0191. The highest BCUT2D eigenvalue weighted by Crippen LogP contribution is 2.23. The molecule has 80 valence electrons. The molecular weight excluding hydrogens is 184 g/mol. The molecule has 0 aliphatic rings. The first-order chi connectivity index (χ1) is 6.29. The first-order valence-electron chi connectivity index (χ1n) is 4.40. The van der Waals surface area contributed by atoms with E-state index < -0.39 is 5.92 Å². The molecule has 0 saturated heterocycles. The average molecular weight is 201 g/mol. The van der Waals surface area contributed by atoms with Crippen molar-refractivity contribution in [2.45, 2.75) is 26.7 Å². The lowest BCUT2D eigenvalue weighted by molar-refractivity contribution is 0.0620. The highest BCUT2D eigenvalue weighted by Gasteiger charge is 2.23. The summed E-state index contributed by atoms with van der Waals surface area (Å²) in [6, 6.07) is 0. The van der Waals surface area contributed by atoms with Gasteiger partial charge in [-0.2, -0.15) is 0 Å². The average Bonchev–Trinajstić information content (AvgIpc) is 2.02. The molecule has 0 radical (unpaired) electrons. The van der Waals surface area contributed by atoms with Gasteiger partial charge in [-0.1, -0.05) is 12.7 Å². The maximum Gasteiger partial charge on any atom is 0.268 e. The molecule has 0 spiro atoms. The quantitative estimate of drug-likeness (QED) is 0.628. The van der Waals surface area contributed by atoms with E-state index in [0.717, 1.165) is 6.92 Å². The minimum atomic E-state index is -2.77. The van der Waals surface area contributed by atoms with Gasteiger partial charge in [0.1, 0.15) is 0 Å². The van der Waals surface area contributed by atoms with Crippen LogP contribution in [0.15, 0.2) is 36.2 Å². The van der Waals surface area contributed by atoms with Gasteiger partial charge in [0.2, 0.25) is 0 Å². The standard InChI is InChI=1S/C11H17F2N/c1-6-7-10(3)14(5)8-9(2)11(4,12)13/h6-8H,3H2,1-2,4-5H3/b7-6+,9-8+. The van der Waals surface area contributed by atoms with Gasteiger partial charge in [0.15, 0.2) is 0 Å². The highest BCUT2D eigenvalue weighted by atomic mass is 19.3. The van der Waals surface area contributed by atoms with Crippen LogP contribution in [0, 0.1) is 0 Å².